The molecule has 1 N–H and O–H groups in total. The second kappa shape index (κ2) is 5.04. The van der Waals surface area contributed by atoms with E-state index < -0.39 is 5.09 Å². The topological polar surface area (TPSA) is 72.6 Å². The van der Waals surface area contributed by atoms with Gasteiger partial charge in [-0.3, -0.25) is 0 Å². The van der Waals surface area contributed by atoms with Gasteiger partial charge in [0.15, 0.2) is 0 Å². The molecular formula is H4BiNO4. The predicted octanol–water partition coefficient (Wildman–Crippen LogP) is -1.52. The molecular weight excluding hydrogens is 287 g/mol. The molecule has 0 aromatic heterocycles. The summed E-state index contributed by atoms with van der Waals surface area (Å²) in [5.74, 6) is 0. The molecule has 6 heavy (non-hydrogen) atoms. The Hall–Kier alpha value is 0.0431. The van der Waals surface area contributed by atoms with E-state index in [1.165, 1.54) is 0 Å². The van der Waals surface area contributed by atoms with Crippen LogP contribution in [0.2, 0.25) is 0 Å². The molecule has 0 fully saturated rings. The van der Waals surface area contributed by atoms with E-state index in [0.717, 1.165) is 0 Å². The molecule has 0 bridgehead atoms. The molecule has 0 amide bonds. The monoisotopic (exact) mass is 291 g/mol. The second-order valence-corrected chi connectivity index (χ2v) is 0.305. The van der Waals surface area contributed by atoms with Gasteiger partial charge in [-0.1, -0.05) is 0 Å². The fourth-order valence-electron chi connectivity index (χ4n) is 0. The van der Waals surface area contributed by atoms with Gasteiger partial charge in [-0.25, -0.2) is 5.26 Å². The van der Waals surface area contributed by atoms with E-state index in [2.05, 4.69) is 4.99 Å². The van der Waals surface area contributed by atoms with Crippen molar-refractivity contribution in [3.8, 4) is 0 Å². The Labute approximate surface area is 52.1 Å². The number of hydrogen-bond acceptors (Lipinski definition) is 4. The van der Waals surface area contributed by atoms with Gasteiger partial charge in [0.25, 0.3) is 0 Å². The molecule has 0 rings (SSSR count). The molecule has 0 radical (unpaired) electrons. The van der Waals surface area contributed by atoms with Gasteiger partial charge in [0, 0.05) is 0 Å². The summed E-state index contributed by atoms with van der Waals surface area (Å²) in [6.45, 7) is 0. The van der Waals surface area contributed by atoms with Gasteiger partial charge in [0.05, 0.1) is 0 Å². The van der Waals surface area contributed by atoms with Crippen LogP contribution in [-0.4, -0.2) is 36.5 Å². The Bertz CT molecular complexity index is 42.8. The molecule has 0 heterocycles. The Morgan fingerprint density at radius 2 is 2.00 bits per heavy atom. The van der Waals surface area contributed by atoms with Crippen molar-refractivity contribution in [2.75, 3.05) is 0 Å². The summed E-state index contributed by atoms with van der Waals surface area (Å²) in [5.41, 5.74) is 0. The normalized spacial score (nSPS) is 5.50. The Balaban J connectivity index is 0. The van der Waals surface area contributed by atoms with E-state index in [-0.39, 0.29) is 26.2 Å². The van der Waals surface area contributed by atoms with Gasteiger partial charge in [0.2, 0.25) is 0 Å². The van der Waals surface area contributed by atoms with E-state index >= 15 is 0 Å². The third kappa shape index (κ3) is 8.97. The van der Waals surface area contributed by atoms with Crippen molar-refractivity contribution in [2.24, 2.45) is 0 Å². The number of rotatable bonds is 1. The van der Waals surface area contributed by atoms with E-state index in [1.807, 2.05) is 0 Å². The van der Waals surface area contributed by atoms with Crippen LogP contribution in [-0.2, 0) is 4.99 Å². The third-order valence-corrected chi connectivity index (χ3v) is 0.0667. The summed E-state index contributed by atoms with van der Waals surface area (Å²) >= 11 is 0. The number of hydrogen-bond donors (Lipinski definition) is 1. The van der Waals surface area contributed by atoms with Crippen LogP contribution < -0.4 is 0 Å². The zero-order chi connectivity index (χ0) is 4.28. The summed E-state index contributed by atoms with van der Waals surface area (Å²) in [7, 11) is 0. The van der Waals surface area contributed by atoms with Gasteiger partial charge in [-0.15, -0.1) is 15.1 Å². The van der Waals surface area contributed by atoms with Gasteiger partial charge in [0.1, 0.15) is 0 Å². The van der Waals surface area contributed by atoms with Crippen LogP contribution in [0.3, 0.4) is 0 Å². The maximum atomic E-state index is 8.70. The van der Waals surface area contributed by atoms with Crippen molar-refractivity contribution in [1.29, 1.82) is 0 Å². The molecule has 0 aromatic rings. The van der Waals surface area contributed by atoms with Crippen LogP contribution in [0.25, 0.3) is 0 Å². The Morgan fingerprint density at radius 3 is 2.00 bits per heavy atom. The zero-order valence-corrected chi connectivity index (χ0v) is 8.32. The molecule has 0 atom stereocenters. The first-order chi connectivity index (χ1) is 2.27. The minimum absolute atomic E-state index is 0. The maximum absolute atomic E-state index is 8.70. The molecule has 0 aromatic carbocycles. The van der Waals surface area contributed by atoms with Gasteiger partial charge in [-0.2, -0.15) is 0 Å². The predicted molar refractivity (Wildman–Crippen MR) is 20.6 cm³/mol. The summed E-state index contributed by atoms with van der Waals surface area (Å²) in [6, 6.07) is 0. The van der Waals surface area contributed by atoms with Crippen LogP contribution in [0.15, 0.2) is 0 Å². The quantitative estimate of drug-likeness (QED) is 0.276. The number of nitrogens with zero attached hydrogens (tertiary/aromatic N) is 1. The molecule has 6 heteroatoms. The fraction of sp³-hybridized carbons (Fsp3) is 0. The minimum atomic E-state index is -1.32. The molecule has 0 unspecified atom stereocenters. The standard InChI is InChI=1S/Bi.HNO4.3H/c;2-1(3)5-4;;;/h;4H;;;. The van der Waals surface area contributed by atoms with Crippen molar-refractivity contribution in [2.45, 2.75) is 0 Å². The Kier molecular flexibility index (Phi) is 7.90. The molecule has 0 spiro atoms. The van der Waals surface area contributed by atoms with Crippen molar-refractivity contribution >= 4 is 26.2 Å². The molecule has 0 aliphatic heterocycles. The average molecular weight is 291 g/mol. The van der Waals surface area contributed by atoms with Crippen LogP contribution in [0.5, 0.6) is 0 Å². The summed E-state index contributed by atoms with van der Waals surface area (Å²) in [4.78, 5) is 11.2. The summed E-state index contributed by atoms with van der Waals surface area (Å²) in [6.07, 6.45) is 0. The van der Waals surface area contributed by atoms with Crippen molar-refractivity contribution in [3.63, 3.8) is 0 Å². The molecule has 38 valence electrons. The van der Waals surface area contributed by atoms with E-state index in [1.54, 1.807) is 0 Å². The van der Waals surface area contributed by atoms with Gasteiger partial charge in [-0.05, 0) is 0 Å². The van der Waals surface area contributed by atoms with Crippen molar-refractivity contribution in [1.82, 2.24) is 0 Å². The van der Waals surface area contributed by atoms with Crippen LogP contribution in [0.1, 0.15) is 0 Å². The summed E-state index contributed by atoms with van der Waals surface area (Å²) in [5, 5.41) is 14.3. The van der Waals surface area contributed by atoms with Crippen molar-refractivity contribution in [3.05, 3.63) is 10.1 Å². The Morgan fingerprint density at radius 1 is 1.83 bits per heavy atom. The van der Waals surface area contributed by atoms with Crippen LogP contribution >= 0.6 is 0 Å². The third-order valence-electron chi connectivity index (χ3n) is 0.0667. The van der Waals surface area contributed by atoms with Gasteiger partial charge >= 0.3 is 31.3 Å². The van der Waals surface area contributed by atoms with E-state index in [4.69, 9.17) is 15.4 Å². The fourth-order valence-corrected chi connectivity index (χ4v) is 0. The SMILES string of the molecule is O=[N+]([O-])OO.[BiH3]. The zero-order valence-electron chi connectivity index (χ0n) is 2.83. The van der Waals surface area contributed by atoms with Gasteiger partial charge < -0.3 is 0 Å². The summed E-state index contributed by atoms with van der Waals surface area (Å²) < 4.78 is 0. The van der Waals surface area contributed by atoms with Crippen molar-refractivity contribution < 1.29 is 15.3 Å². The molecule has 0 aliphatic carbocycles. The second-order valence-electron chi connectivity index (χ2n) is 0.305. The molecule has 0 aliphatic rings. The average Bonchev–Trinajstić information content (AvgIpc) is 1.38. The van der Waals surface area contributed by atoms with Crippen LogP contribution in [0, 0.1) is 10.1 Å². The molecule has 0 saturated heterocycles. The van der Waals surface area contributed by atoms with E-state index in [0.29, 0.717) is 0 Å². The van der Waals surface area contributed by atoms with E-state index in [9.17, 15) is 0 Å². The first kappa shape index (κ1) is 9.40. The molecule has 5 nitrogen and oxygen atoms in total. The van der Waals surface area contributed by atoms with Crippen LogP contribution in [0.4, 0.5) is 0 Å². The first-order valence-corrected chi connectivity index (χ1v) is 0.730. The first-order valence-electron chi connectivity index (χ1n) is 0.730. The molecule has 0 saturated carbocycles.